The molecule has 0 fully saturated rings. The standard InChI is InChI=1S/C32H57NO5/c1-3-5-7-8-9-10-11-12-13-14-15-16-17-23-35-24-25-36-26-27-37-28-29-38-32(34)30-18-20-31(21-19-30)33-22-6-4-2/h18-21,33H,3-17,22-29H2,1-2H3. The van der Waals surface area contributed by atoms with E-state index in [1.165, 1.54) is 77.0 Å². The minimum atomic E-state index is -0.328. The highest BCUT2D eigenvalue weighted by Gasteiger charge is 2.06. The van der Waals surface area contributed by atoms with Crippen molar-refractivity contribution in [2.24, 2.45) is 0 Å². The molecule has 0 amide bonds. The fourth-order valence-electron chi connectivity index (χ4n) is 4.17. The van der Waals surface area contributed by atoms with E-state index in [0.29, 0.717) is 38.6 Å². The quantitative estimate of drug-likeness (QED) is 0.0862. The van der Waals surface area contributed by atoms with E-state index in [9.17, 15) is 4.79 Å². The van der Waals surface area contributed by atoms with Crippen LogP contribution in [0.2, 0.25) is 0 Å². The van der Waals surface area contributed by atoms with Crippen molar-refractivity contribution in [1.82, 2.24) is 0 Å². The smallest absolute Gasteiger partial charge is 0.338 e. The van der Waals surface area contributed by atoms with Gasteiger partial charge in [-0.1, -0.05) is 97.3 Å². The fourth-order valence-corrected chi connectivity index (χ4v) is 4.17. The third-order valence-electron chi connectivity index (χ3n) is 6.58. The molecule has 0 aliphatic rings. The van der Waals surface area contributed by atoms with E-state index in [0.717, 1.165) is 38.1 Å². The molecule has 1 N–H and O–H groups in total. The van der Waals surface area contributed by atoms with E-state index in [4.69, 9.17) is 18.9 Å². The van der Waals surface area contributed by atoms with Gasteiger partial charge in [-0.05, 0) is 37.1 Å². The van der Waals surface area contributed by atoms with Crippen LogP contribution in [0.4, 0.5) is 5.69 Å². The molecule has 0 bridgehead atoms. The van der Waals surface area contributed by atoms with Crippen LogP contribution in [0.25, 0.3) is 0 Å². The van der Waals surface area contributed by atoms with Gasteiger partial charge in [-0.15, -0.1) is 0 Å². The zero-order valence-corrected chi connectivity index (χ0v) is 24.6. The lowest BCUT2D eigenvalue weighted by molar-refractivity contribution is 0.000185. The molecule has 0 atom stereocenters. The van der Waals surface area contributed by atoms with Crippen molar-refractivity contribution in [2.45, 2.75) is 110 Å². The molecular weight excluding hydrogens is 478 g/mol. The molecule has 0 saturated carbocycles. The van der Waals surface area contributed by atoms with Gasteiger partial charge in [0.15, 0.2) is 0 Å². The molecule has 0 spiro atoms. The summed E-state index contributed by atoms with van der Waals surface area (Å²) in [5.41, 5.74) is 1.57. The molecule has 0 heterocycles. The van der Waals surface area contributed by atoms with Crippen LogP contribution in [0.15, 0.2) is 24.3 Å². The van der Waals surface area contributed by atoms with Crippen molar-refractivity contribution in [3.63, 3.8) is 0 Å². The minimum absolute atomic E-state index is 0.234. The van der Waals surface area contributed by atoms with Crippen LogP contribution in [-0.4, -0.2) is 58.8 Å². The topological polar surface area (TPSA) is 66.0 Å². The minimum Gasteiger partial charge on any atom is -0.460 e. The zero-order valence-electron chi connectivity index (χ0n) is 24.6. The van der Waals surface area contributed by atoms with Crippen molar-refractivity contribution in [2.75, 3.05) is 58.1 Å². The van der Waals surface area contributed by atoms with Crippen LogP contribution >= 0.6 is 0 Å². The number of carbonyl (C=O) groups excluding carboxylic acids is 1. The third-order valence-corrected chi connectivity index (χ3v) is 6.58. The number of unbranched alkanes of at least 4 members (excludes halogenated alkanes) is 13. The Bertz CT molecular complexity index is 637. The van der Waals surface area contributed by atoms with Gasteiger partial charge in [0.05, 0.1) is 38.6 Å². The van der Waals surface area contributed by atoms with E-state index < -0.39 is 0 Å². The Balaban J connectivity index is 1.78. The highest BCUT2D eigenvalue weighted by Crippen LogP contribution is 2.13. The fraction of sp³-hybridized carbons (Fsp3) is 0.781. The molecule has 0 aromatic heterocycles. The summed E-state index contributed by atoms with van der Waals surface area (Å²) >= 11 is 0. The SMILES string of the molecule is CCCCCCCCCCCCCCCOCCOCCOCCOC(=O)c1ccc(NCCCC)cc1. The predicted octanol–water partition coefficient (Wildman–Crippen LogP) is 8.20. The Morgan fingerprint density at radius 2 is 1.00 bits per heavy atom. The van der Waals surface area contributed by atoms with Gasteiger partial charge in [0, 0.05) is 18.8 Å². The van der Waals surface area contributed by atoms with E-state index in [-0.39, 0.29) is 12.6 Å². The Labute approximate surface area is 233 Å². The number of hydrogen-bond donors (Lipinski definition) is 1. The van der Waals surface area contributed by atoms with Crippen LogP contribution in [0.1, 0.15) is 121 Å². The number of benzene rings is 1. The number of nitrogens with one attached hydrogen (secondary N) is 1. The molecule has 220 valence electrons. The van der Waals surface area contributed by atoms with Gasteiger partial charge in [0.25, 0.3) is 0 Å². The van der Waals surface area contributed by atoms with Crippen molar-refractivity contribution in [1.29, 1.82) is 0 Å². The Kier molecular flexibility index (Phi) is 24.4. The van der Waals surface area contributed by atoms with E-state index >= 15 is 0 Å². The summed E-state index contributed by atoms with van der Waals surface area (Å²) < 4.78 is 21.9. The number of anilines is 1. The lowest BCUT2D eigenvalue weighted by atomic mass is 10.0. The molecular formula is C32H57NO5. The van der Waals surface area contributed by atoms with Crippen LogP contribution in [0.5, 0.6) is 0 Å². The van der Waals surface area contributed by atoms with Gasteiger partial charge in [0.1, 0.15) is 6.61 Å². The first-order valence-corrected chi connectivity index (χ1v) is 15.5. The van der Waals surface area contributed by atoms with Gasteiger partial charge in [-0.3, -0.25) is 0 Å². The second-order valence-electron chi connectivity index (χ2n) is 10.1. The van der Waals surface area contributed by atoms with E-state index in [1.54, 1.807) is 12.1 Å². The summed E-state index contributed by atoms with van der Waals surface area (Å²) in [5.74, 6) is -0.328. The predicted molar refractivity (Wildman–Crippen MR) is 158 cm³/mol. The normalized spacial score (nSPS) is 11.1. The van der Waals surface area contributed by atoms with Gasteiger partial charge >= 0.3 is 5.97 Å². The maximum atomic E-state index is 12.1. The van der Waals surface area contributed by atoms with Gasteiger partial charge in [-0.2, -0.15) is 0 Å². The van der Waals surface area contributed by atoms with Gasteiger partial charge in [-0.25, -0.2) is 4.79 Å². The summed E-state index contributed by atoms with van der Waals surface area (Å²) in [5, 5.41) is 3.33. The summed E-state index contributed by atoms with van der Waals surface area (Å²) in [7, 11) is 0. The summed E-state index contributed by atoms with van der Waals surface area (Å²) in [6.07, 6.45) is 20.0. The molecule has 1 rings (SSSR count). The summed E-state index contributed by atoms with van der Waals surface area (Å²) in [6, 6.07) is 7.38. The van der Waals surface area contributed by atoms with Crippen LogP contribution in [-0.2, 0) is 18.9 Å². The van der Waals surface area contributed by atoms with Crippen molar-refractivity contribution in [3.05, 3.63) is 29.8 Å². The molecule has 0 aliphatic carbocycles. The third kappa shape index (κ3) is 21.3. The number of hydrogen-bond acceptors (Lipinski definition) is 6. The maximum absolute atomic E-state index is 12.1. The van der Waals surface area contributed by atoms with Crippen molar-refractivity contribution >= 4 is 11.7 Å². The Morgan fingerprint density at radius 3 is 1.53 bits per heavy atom. The second-order valence-corrected chi connectivity index (χ2v) is 10.1. The zero-order chi connectivity index (χ0) is 27.4. The highest BCUT2D eigenvalue weighted by molar-refractivity contribution is 5.89. The highest BCUT2D eigenvalue weighted by atomic mass is 16.6. The molecule has 6 nitrogen and oxygen atoms in total. The van der Waals surface area contributed by atoms with Gasteiger partial charge in [0.2, 0.25) is 0 Å². The largest absolute Gasteiger partial charge is 0.460 e. The lowest BCUT2D eigenvalue weighted by Crippen LogP contribution is -2.14. The van der Waals surface area contributed by atoms with Crippen molar-refractivity contribution in [3.8, 4) is 0 Å². The molecule has 38 heavy (non-hydrogen) atoms. The maximum Gasteiger partial charge on any atom is 0.338 e. The first kappa shape index (κ1) is 34.4. The van der Waals surface area contributed by atoms with Gasteiger partial charge < -0.3 is 24.3 Å². The Hall–Kier alpha value is -1.63. The number of carbonyl (C=O) groups is 1. The van der Waals surface area contributed by atoms with E-state index in [1.807, 2.05) is 12.1 Å². The number of rotatable bonds is 28. The average molecular weight is 536 g/mol. The van der Waals surface area contributed by atoms with Crippen molar-refractivity contribution < 1.29 is 23.7 Å². The first-order chi connectivity index (χ1) is 18.8. The Morgan fingerprint density at radius 1 is 0.553 bits per heavy atom. The molecule has 1 aromatic rings. The molecule has 6 heteroatoms. The summed E-state index contributed by atoms with van der Waals surface area (Å²) in [6.45, 7) is 9.00. The molecule has 0 radical (unpaired) electrons. The van der Waals surface area contributed by atoms with Crippen LogP contribution < -0.4 is 5.32 Å². The molecule has 0 aliphatic heterocycles. The lowest BCUT2D eigenvalue weighted by Gasteiger charge is -2.09. The average Bonchev–Trinajstić information content (AvgIpc) is 2.94. The second kappa shape index (κ2) is 27.0. The number of ether oxygens (including phenoxy) is 4. The first-order valence-electron chi connectivity index (χ1n) is 15.5. The van der Waals surface area contributed by atoms with E-state index in [2.05, 4.69) is 19.2 Å². The molecule has 0 saturated heterocycles. The number of esters is 1. The molecule has 0 unspecified atom stereocenters. The van der Waals surface area contributed by atoms with Crippen LogP contribution in [0.3, 0.4) is 0 Å². The monoisotopic (exact) mass is 535 g/mol. The molecule has 1 aromatic carbocycles. The summed E-state index contributed by atoms with van der Waals surface area (Å²) in [4.78, 5) is 12.1. The van der Waals surface area contributed by atoms with Crippen LogP contribution in [0, 0.1) is 0 Å².